The van der Waals surface area contributed by atoms with Crippen LogP contribution in [0.5, 0.6) is 5.75 Å². The minimum absolute atomic E-state index is 0.0922. The van der Waals surface area contributed by atoms with Gasteiger partial charge in [0.05, 0.1) is 11.2 Å². The Morgan fingerprint density at radius 2 is 1.90 bits per heavy atom. The van der Waals surface area contributed by atoms with Crippen molar-refractivity contribution >= 4 is 11.3 Å². The number of benzene rings is 2. The van der Waals surface area contributed by atoms with E-state index in [2.05, 4.69) is 59.4 Å². The van der Waals surface area contributed by atoms with Gasteiger partial charge in [-0.3, -0.25) is 0 Å². The molecule has 31 heavy (non-hydrogen) atoms. The smallest absolute Gasteiger partial charge is 0.186 e. The van der Waals surface area contributed by atoms with Gasteiger partial charge in [-0.05, 0) is 51.1 Å². The fourth-order valence-electron chi connectivity index (χ4n) is 3.41. The zero-order chi connectivity index (χ0) is 21.8. The fraction of sp³-hybridized carbons (Fsp3) is 0.400. The fourth-order valence-corrected chi connectivity index (χ4v) is 4.07. The molecule has 0 aliphatic carbocycles. The first-order chi connectivity index (χ1) is 14.9. The molecule has 1 aliphatic rings. The zero-order valence-electron chi connectivity index (χ0n) is 18.6. The number of aromatic nitrogens is 1. The highest BCUT2D eigenvalue weighted by molar-refractivity contribution is 7.13. The van der Waals surface area contributed by atoms with Crippen LogP contribution in [-0.4, -0.2) is 54.6 Å². The maximum atomic E-state index is 6.18. The van der Waals surface area contributed by atoms with Crippen molar-refractivity contribution in [2.45, 2.75) is 38.8 Å². The number of nitrogens with zero attached hydrogens (tertiary/aromatic N) is 2. The van der Waals surface area contributed by atoms with Gasteiger partial charge in [0.25, 0.3) is 0 Å². The van der Waals surface area contributed by atoms with Crippen molar-refractivity contribution in [3.63, 3.8) is 0 Å². The highest BCUT2D eigenvalue weighted by Gasteiger charge is 2.43. The molecule has 0 N–H and O–H groups in total. The van der Waals surface area contributed by atoms with Crippen molar-refractivity contribution in [3.05, 3.63) is 60.1 Å². The van der Waals surface area contributed by atoms with E-state index in [4.69, 9.17) is 14.2 Å². The molecular weight excluding hydrogens is 408 g/mol. The standard InChI is InChI=1S/C25H30N2O3S/c1-25(2,3)30-24-22(29-24)17-27(4)13-14-28-21-11-10-19(18-8-6-5-7-9-18)16-20(21)23-26-12-15-31-23/h5-12,15-16,22,24H,13-14,17H2,1-4H3. The van der Waals surface area contributed by atoms with Crippen LogP contribution in [0.4, 0.5) is 0 Å². The van der Waals surface area contributed by atoms with E-state index in [-0.39, 0.29) is 18.0 Å². The van der Waals surface area contributed by atoms with E-state index in [9.17, 15) is 0 Å². The highest BCUT2D eigenvalue weighted by Crippen LogP contribution is 2.35. The molecule has 0 saturated carbocycles. The van der Waals surface area contributed by atoms with Gasteiger partial charge in [0, 0.05) is 24.7 Å². The maximum Gasteiger partial charge on any atom is 0.186 e. The van der Waals surface area contributed by atoms with E-state index in [1.165, 1.54) is 5.56 Å². The lowest BCUT2D eigenvalue weighted by atomic mass is 10.0. The minimum atomic E-state index is -0.181. The van der Waals surface area contributed by atoms with Crippen LogP contribution in [0.3, 0.4) is 0 Å². The van der Waals surface area contributed by atoms with E-state index in [0.29, 0.717) is 6.61 Å². The van der Waals surface area contributed by atoms with Crippen molar-refractivity contribution in [2.24, 2.45) is 0 Å². The van der Waals surface area contributed by atoms with E-state index < -0.39 is 0 Å². The SMILES string of the molecule is CN(CCOc1ccc(-c2ccccc2)cc1-c1nccs1)CC1OC1OC(C)(C)C. The molecule has 2 aromatic carbocycles. The molecule has 1 saturated heterocycles. The zero-order valence-corrected chi connectivity index (χ0v) is 19.4. The number of rotatable bonds is 9. The van der Waals surface area contributed by atoms with Crippen molar-refractivity contribution in [1.29, 1.82) is 0 Å². The van der Waals surface area contributed by atoms with Gasteiger partial charge in [-0.2, -0.15) is 0 Å². The molecule has 0 radical (unpaired) electrons. The Hall–Kier alpha value is -2.25. The van der Waals surface area contributed by atoms with E-state index in [0.717, 1.165) is 35.0 Å². The Morgan fingerprint density at radius 3 is 2.61 bits per heavy atom. The predicted molar refractivity (Wildman–Crippen MR) is 125 cm³/mol. The Kier molecular flexibility index (Phi) is 6.72. The van der Waals surface area contributed by atoms with Crippen LogP contribution in [0, 0.1) is 0 Å². The summed E-state index contributed by atoms with van der Waals surface area (Å²) in [7, 11) is 2.08. The summed E-state index contributed by atoms with van der Waals surface area (Å²) in [6, 6.07) is 16.7. The average molecular weight is 439 g/mol. The monoisotopic (exact) mass is 438 g/mol. The number of thiazole rings is 1. The van der Waals surface area contributed by atoms with Crippen LogP contribution in [0.1, 0.15) is 20.8 Å². The lowest BCUT2D eigenvalue weighted by molar-refractivity contribution is -0.0570. The molecule has 2 atom stereocenters. The van der Waals surface area contributed by atoms with Gasteiger partial charge >= 0.3 is 0 Å². The first kappa shape index (κ1) is 22.0. The molecule has 2 heterocycles. The molecule has 0 amide bonds. The number of hydrogen-bond donors (Lipinski definition) is 0. The molecule has 2 unspecified atom stereocenters. The first-order valence-electron chi connectivity index (χ1n) is 10.6. The van der Waals surface area contributed by atoms with Crippen molar-refractivity contribution in [1.82, 2.24) is 9.88 Å². The van der Waals surface area contributed by atoms with Gasteiger partial charge in [0.1, 0.15) is 23.5 Å². The van der Waals surface area contributed by atoms with Gasteiger partial charge < -0.3 is 19.1 Å². The van der Waals surface area contributed by atoms with Crippen LogP contribution >= 0.6 is 11.3 Å². The van der Waals surface area contributed by atoms with E-state index >= 15 is 0 Å². The summed E-state index contributed by atoms with van der Waals surface area (Å²) >= 11 is 1.62. The molecule has 1 aromatic heterocycles. The summed E-state index contributed by atoms with van der Waals surface area (Å²) in [6.07, 6.45) is 1.88. The first-order valence-corrected chi connectivity index (χ1v) is 11.5. The molecule has 6 heteroatoms. The third-order valence-corrected chi connectivity index (χ3v) is 5.78. The number of ether oxygens (including phenoxy) is 3. The minimum Gasteiger partial charge on any atom is -0.492 e. The second-order valence-electron chi connectivity index (χ2n) is 8.80. The Bertz CT molecular complexity index is 970. The van der Waals surface area contributed by atoms with Gasteiger partial charge in [-0.25, -0.2) is 4.98 Å². The quantitative estimate of drug-likeness (QED) is 0.423. The Balaban J connectivity index is 1.36. The highest BCUT2D eigenvalue weighted by atomic mass is 32.1. The summed E-state index contributed by atoms with van der Waals surface area (Å²) in [5, 5.41) is 2.96. The summed E-state index contributed by atoms with van der Waals surface area (Å²) in [4.78, 5) is 6.73. The van der Waals surface area contributed by atoms with Crippen LogP contribution in [0.25, 0.3) is 21.7 Å². The molecule has 164 valence electrons. The third kappa shape index (κ3) is 6.14. The third-order valence-electron chi connectivity index (χ3n) is 4.98. The second-order valence-corrected chi connectivity index (χ2v) is 9.69. The number of hydrogen-bond acceptors (Lipinski definition) is 6. The van der Waals surface area contributed by atoms with Crippen LogP contribution < -0.4 is 4.74 Å². The Labute approximate surface area is 188 Å². The molecule has 1 aliphatic heterocycles. The van der Waals surface area contributed by atoms with E-state index in [1.807, 2.05) is 38.4 Å². The lowest BCUT2D eigenvalue weighted by Crippen LogP contribution is -2.30. The lowest BCUT2D eigenvalue weighted by Gasteiger charge is -2.19. The molecule has 4 rings (SSSR count). The maximum absolute atomic E-state index is 6.18. The van der Waals surface area contributed by atoms with Crippen molar-refractivity contribution in [3.8, 4) is 27.4 Å². The van der Waals surface area contributed by atoms with Gasteiger partial charge in [0.15, 0.2) is 6.29 Å². The largest absolute Gasteiger partial charge is 0.492 e. The van der Waals surface area contributed by atoms with Crippen molar-refractivity contribution < 1.29 is 14.2 Å². The molecular formula is C25H30N2O3S. The van der Waals surface area contributed by atoms with Gasteiger partial charge in [-0.1, -0.05) is 36.4 Å². The predicted octanol–water partition coefficient (Wildman–Crippen LogP) is 5.33. The van der Waals surface area contributed by atoms with Crippen LogP contribution in [-0.2, 0) is 9.47 Å². The summed E-state index contributed by atoms with van der Waals surface area (Å²) in [6.45, 7) is 8.37. The molecule has 1 fully saturated rings. The number of likely N-dealkylation sites (N-methyl/N-ethyl adjacent to an activating group) is 1. The summed E-state index contributed by atoms with van der Waals surface area (Å²) in [5.41, 5.74) is 3.19. The molecule has 0 spiro atoms. The number of epoxide rings is 1. The van der Waals surface area contributed by atoms with Crippen LogP contribution in [0.2, 0.25) is 0 Å². The molecule has 3 aromatic rings. The van der Waals surface area contributed by atoms with Gasteiger partial charge in [0.2, 0.25) is 0 Å². The van der Waals surface area contributed by atoms with Crippen LogP contribution in [0.15, 0.2) is 60.1 Å². The van der Waals surface area contributed by atoms with Crippen molar-refractivity contribution in [2.75, 3.05) is 26.7 Å². The molecule has 0 bridgehead atoms. The summed E-state index contributed by atoms with van der Waals surface area (Å²) in [5.74, 6) is 0.861. The van der Waals surface area contributed by atoms with Gasteiger partial charge in [-0.15, -0.1) is 11.3 Å². The topological polar surface area (TPSA) is 47.1 Å². The van der Waals surface area contributed by atoms with E-state index in [1.54, 1.807) is 11.3 Å². The Morgan fingerprint density at radius 1 is 1.10 bits per heavy atom. The second kappa shape index (κ2) is 9.49. The summed E-state index contributed by atoms with van der Waals surface area (Å²) < 4.78 is 17.7. The average Bonchev–Trinajstić information content (AvgIpc) is 3.21. The molecule has 5 nitrogen and oxygen atoms in total. The normalized spacial score (nSPS) is 18.4.